The lowest BCUT2D eigenvalue weighted by Gasteiger charge is -2.36. The highest BCUT2D eigenvalue weighted by Gasteiger charge is 2.35. The molecule has 0 spiro atoms. The molecule has 0 aromatic heterocycles. The molecule has 0 radical (unpaired) electrons. The molecule has 2 aliphatic rings. The third-order valence-electron chi connectivity index (χ3n) is 5.44. The van der Waals surface area contributed by atoms with Gasteiger partial charge in [-0.2, -0.15) is 4.31 Å². The zero-order valence-corrected chi connectivity index (χ0v) is 16.5. The molecule has 3 rings (SSSR count). The quantitative estimate of drug-likeness (QED) is 0.618. The number of piperidine rings is 1. The van der Waals surface area contributed by atoms with Crippen LogP contribution in [-0.4, -0.2) is 74.7 Å². The van der Waals surface area contributed by atoms with Gasteiger partial charge in [0, 0.05) is 6.54 Å². The van der Waals surface area contributed by atoms with Crippen molar-refractivity contribution in [2.75, 3.05) is 39.3 Å². The minimum absolute atomic E-state index is 0.135. The molecular weight excluding hydrogens is 387 g/mol. The number of hydrogen-bond acceptors (Lipinski definition) is 4. The van der Waals surface area contributed by atoms with Crippen LogP contribution in [-0.2, 0) is 19.6 Å². The van der Waals surface area contributed by atoms with Gasteiger partial charge in [-0.25, -0.2) is 12.8 Å². The zero-order valence-electron chi connectivity index (χ0n) is 15.6. The molecular formula is C18H26FN4O4S+. The van der Waals surface area contributed by atoms with E-state index in [2.05, 4.69) is 0 Å². The Morgan fingerprint density at radius 2 is 1.82 bits per heavy atom. The topological polar surface area (TPSA) is 105 Å². The fourth-order valence-corrected chi connectivity index (χ4v) is 5.36. The standard InChI is InChI=1S/C18H25FN4O4S/c19-14-5-1-2-7-16(14)28(26,27)22-11-9-21(10-12-22)13-17(24)23-8-4-3-6-15(23)18(20)25/h1-2,5,7,15H,3-4,6,8-13H2,(H2,20,25)/p+1/t15-/m0/s1. The second kappa shape index (κ2) is 8.54. The van der Waals surface area contributed by atoms with Gasteiger partial charge in [-0.3, -0.25) is 9.59 Å². The van der Waals surface area contributed by atoms with Crippen molar-refractivity contribution in [3.63, 3.8) is 0 Å². The van der Waals surface area contributed by atoms with E-state index in [1.165, 1.54) is 22.5 Å². The van der Waals surface area contributed by atoms with Gasteiger partial charge in [-0.15, -0.1) is 0 Å². The smallest absolute Gasteiger partial charge is 0.278 e. The van der Waals surface area contributed by atoms with Gasteiger partial charge in [-0.05, 0) is 31.4 Å². The summed E-state index contributed by atoms with van der Waals surface area (Å²) in [7, 11) is -3.90. The van der Waals surface area contributed by atoms with Gasteiger partial charge in [0.2, 0.25) is 15.9 Å². The van der Waals surface area contributed by atoms with Gasteiger partial charge in [0.25, 0.3) is 5.91 Å². The number of amides is 2. The zero-order chi connectivity index (χ0) is 20.3. The molecule has 2 fully saturated rings. The van der Waals surface area contributed by atoms with Crippen molar-refractivity contribution in [1.82, 2.24) is 9.21 Å². The second-order valence-corrected chi connectivity index (χ2v) is 9.17. The monoisotopic (exact) mass is 413 g/mol. The summed E-state index contributed by atoms with van der Waals surface area (Å²) in [6.07, 6.45) is 2.31. The van der Waals surface area contributed by atoms with Gasteiger partial charge in [-0.1, -0.05) is 12.1 Å². The van der Waals surface area contributed by atoms with E-state index in [1.807, 2.05) is 0 Å². The number of halogens is 1. The molecule has 2 saturated heterocycles. The summed E-state index contributed by atoms with van der Waals surface area (Å²) in [5, 5.41) is 0. The lowest BCUT2D eigenvalue weighted by molar-refractivity contribution is -0.896. The average molecular weight is 413 g/mol. The first-order chi connectivity index (χ1) is 13.3. The Bertz CT molecular complexity index is 840. The Balaban J connectivity index is 1.59. The minimum Gasteiger partial charge on any atom is -0.368 e. The maximum Gasteiger partial charge on any atom is 0.278 e. The highest BCUT2D eigenvalue weighted by Crippen LogP contribution is 2.19. The van der Waals surface area contributed by atoms with Crippen molar-refractivity contribution >= 4 is 21.8 Å². The van der Waals surface area contributed by atoms with Gasteiger partial charge >= 0.3 is 0 Å². The van der Waals surface area contributed by atoms with Gasteiger partial charge in [0.1, 0.15) is 16.8 Å². The second-order valence-electron chi connectivity index (χ2n) is 7.26. The summed E-state index contributed by atoms with van der Waals surface area (Å²) in [5.74, 6) is -1.39. The Kier molecular flexibility index (Phi) is 6.31. The number of hydrogen-bond donors (Lipinski definition) is 2. The lowest BCUT2D eigenvalue weighted by Crippen LogP contribution is -3.15. The van der Waals surface area contributed by atoms with E-state index >= 15 is 0 Å². The molecule has 0 saturated carbocycles. The van der Waals surface area contributed by atoms with E-state index in [0.29, 0.717) is 26.1 Å². The molecule has 1 aromatic rings. The number of likely N-dealkylation sites (tertiary alicyclic amines) is 1. The lowest BCUT2D eigenvalue weighted by atomic mass is 10.0. The molecule has 8 nitrogen and oxygen atoms in total. The van der Waals surface area contributed by atoms with Crippen molar-refractivity contribution < 1.29 is 27.3 Å². The largest absolute Gasteiger partial charge is 0.368 e. The number of carbonyl (C=O) groups is 2. The predicted molar refractivity (Wildman–Crippen MR) is 99.3 cm³/mol. The van der Waals surface area contributed by atoms with Crippen LogP contribution in [0.15, 0.2) is 29.2 Å². The number of benzene rings is 1. The van der Waals surface area contributed by atoms with Crippen LogP contribution in [0.2, 0.25) is 0 Å². The molecule has 154 valence electrons. The minimum atomic E-state index is -3.90. The first kappa shape index (κ1) is 20.7. The number of carbonyl (C=O) groups excluding carboxylic acids is 2. The maximum absolute atomic E-state index is 13.9. The molecule has 10 heteroatoms. The summed E-state index contributed by atoms with van der Waals surface area (Å²) >= 11 is 0. The van der Waals surface area contributed by atoms with Crippen LogP contribution in [0.1, 0.15) is 19.3 Å². The molecule has 0 bridgehead atoms. The summed E-state index contributed by atoms with van der Waals surface area (Å²) in [6.45, 7) is 2.00. The Hall–Kier alpha value is -2.04. The number of rotatable bonds is 5. The first-order valence-corrected chi connectivity index (χ1v) is 10.9. The van der Waals surface area contributed by atoms with Gasteiger partial charge in [0.15, 0.2) is 6.54 Å². The van der Waals surface area contributed by atoms with Crippen molar-refractivity contribution in [3.05, 3.63) is 30.1 Å². The molecule has 0 unspecified atom stereocenters. The number of nitrogens with zero attached hydrogens (tertiary/aromatic N) is 2. The summed E-state index contributed by atoms with van der Waals surface area (Å²) in [5.41, 5.74) is 5.42. The van der Waals surface area contributed by atoms with Crippen LogP contribution >= 0.6 is 0 Å². The highest BCUT2D eigenvalue weighted by atomic mass is 32.2. The summed E-state index contributed by atoms with van der Waals surface area (Å²) < 4.78 is 40.5. The number of primary amides is 1. The van der Waals surface area contributed by atoms with Crippen molar-refractivity contribution in [1.29, 1.82) is 0 Å². The first-order valence-electron chi connectivity index (χ1n) is 9.47. The maximum atomic E-state index is 13.9. The third kappa shape index (κ3) is 4.34. The van der Waals surface area contributed by atoms with Crippen LogP contribution in [0, 0.1) is 5.82 Å². The van der Waals surface area contributed by atoms with E-state index in [-0.39, 0.29) is 30.4 Å². The number of nitrogens with one attached hydrogen (secondary N) is 1. The van der Waals surface area contributed by atoms with Crippen molar-refractivity contribution in [2.45, 2.75) is 30.2 Å². The Morgan fingerprint density at radius 3 is 2.46 bits per heavy atom. The van der Waals surface area contributed by atoms with E-state index < -0.39 is 27.8 Å². The Morgan fingerprint density at radius 1 is 1.14 bits per heavy atom. The number of piperazine rings is 1. The summed E-state index contributed by atoms with van der Waals surface area (Å²) in [4.78, 5) is 26.4. The van der Waals surface area contributed by atoms with Crippen LogP contribution in [0.25, 0.3) is 0 Å². The number of quaternary nitrogens is 1. The van der Waals surface area contributed by atoms with Crippen LogP contribution in [0.3, 0.4) is 0 Å². The fraction of sp³-hybridized carbons (Fsp3) is 0.556. The van der Waals surface area contributed by atoms with E-state index in [4.69, 9.17) is 5.73 Å². The molecule has 3 N–H and O–H groups in total. The molecule has 0 aliphatic carbocycles. The molecule has 2 heterocycles. The highest BCUT2D eigenvalue weighted by molar-refractivity contribution is 7.89. The summed E-state index contributed by atoms with van der Waals surface area (Å²) in [6, 6.07) is 4.77. The number of nitrogens with two attached hydrogens (primary N) is 1. The molecule has 1 aromatic carbocycles. The van der Waals surface area contributed by atoms with E-state index in [9.17, 15) is 22.4 Å². The molecule has 1 atom stereocenters. The third-order valence-corrected chi connectivity index (χ3v) is 7.37. The van der Waals surface area contributed by atoms with Crippen LogP contribution in [0.5, 0.6) is 0 Å². The van der Waals surface area contributed by atoms with Gasteiger partial charge in [0.05, 0.1) is 26.2 Å². The molecule has 28 heavy (non-hydrogen) atoms. The SMILES string of the molecule is NC(=O)[C@@H]1CCCCN1C(=O)C[NH+]1CCN(S(=O)(=O)c2ccccc2F)CC1. The molecule has 2 aliphatic heterocycles. The average Bonchev–Trinajstić information content (AvgIpc) is 2.68. The van der Waals surface area contributed by atoms with Crippen molar-refractivity contribution in [3.8, 4) is 0 Å². The van der Waals surface area contributed by atoms with E-state index in [0.717, 1.165) is 23.8 Å². The predicted octanol–water partition coefficient (Wildman–Crippen LogP) is -1.42. The van der Waals surface area contributed by atoms with Crippen LogP contribution in [0.4, 0.5) is 4.39 Å². The van der Waals surface area contributed by atoms with Crippen LogP contribution < -0.4 is 10.6 Å². The Labute approximate surface area is 164 Å². The number of sulfonamides is 1. The van der Waals surface area contributed by atoms with Crippen molar-refractivity contribution in [2.24, 2.45) is 5.73 Å². The van der Waals surface area contributed by atoms with E-state index in [1.54, 1.807) is 4.90 Å². The molecule has 2 amide bonds. The normalized spacial score (nSPS) is 22.2. The fourth-order valence-electron chi connectivity index (χ4n) is 3.85. The van der Waals surface area contributed by atoms with Gasteiger partial charge < -0.3 is 15.5 Å².